The van der Waals surface area contributed by atoms with Crippen LogP contribution in [-0.2, 0) is 11.2 Å². The third-order valence-electron chi connectivity index (χ3n) is 4.13. The van der Waals surface area contributed by atoms with E-state index in [4.69, 9.17) is 4.74 Å². The molecule has 0 aliphatic heterocycles. The van der Waals surface area contributed by atoms with E-state index in [1.807, 2.05) is 67.1 Å². The molecular formula is C20H21N3O2. The van der Waals surface area contributed by atoms with E-state index in [0.29, 0.717) is 5.75 Å². The number of methoxy groups -OCH3 is 1. The van der Waals surface area contributed by atoms with Crippen molar-refractivity contribution in [3.8, 4) is 11.4 Å². The number of para-hydroxylation sites is 1. The van der Waals surface area contributed by atoms with Crippen molar-refractivity contribution < 1.29 is 9.53 Å². The van der Waals surface area contributed by atoms with Gasteiger partial charge in [-0.3, -0.25) is 4.79 Å². The second-order valence-corrected chi connectivity index (χ2v) is 5.85. The number of aromatic nitrogens is 2. The van der Waals surface area contributed by atoms with Crippen molar-refractivity contribution in [3.63, 3.8) is 0 Å². The maximum absolute atomic E-state index is 12.4. The van der Waals surface area contributed by atoms with E-state index in [2.05, 4.69) is 10.4 Å². The van der Waals surface area contributed by atoms with Crippen LogP contribution in [-0.4, -0.2) is 22.8 Å². The van der Waals surface area contributed by atoms with Gasteiger partial charge in [0.15, 0.2) is 0 Å². The van der Waals surface area contributed by atoms with Crippen molar-refractivity contribution in [2.45, 2.75) is 20.3 Å². The normalized spacial score (nSPS) is 10.5. The van der Waals surface area contributed by atoms with Crippen LogP contribution in [0.3, 0.4) is 0 Å². The van der Waals surface area contributed by atoms with Gasteiger partial charge in [0.2, 0.25) is 5.91 Å². The number of hydrogen-bond donors (Lipinski definition) is 1. The Morgan fingerprint density at radius 2 is 1.88 bits per heavy atom. The molecule has 1 N–H and O–H groups in total. The maximum atomic E-state index is 12.4. The van der Waals surface area contributed by atoms with Crippen molar-refractivity contribution in [3.05, 3.63) is 71.5 Å². The zero-order valence-electron chi connectivity index (χ0n) is 14.6. The van der Waals surface area contributed by atoms with Crippen LogP contribution in [0.5, 0.6) is 5.75 Å². The third-order valence-corrected chi connectivity index (χ3v) is 4.13. The number of aryl methyl sites for hydroxylation is 1. The van der Waals surface area contributed by atoms with Gasteiger partial charge in [-0.15, -0.1) is 0 Å². The Labute approximate surface area is 147 Å². The molecule has 0 aliphatic carbocycles. The second-order valence-electron chi connectivity index (χ2n) is 5.85. The first-order valence-electron chi connectivity index (χ1n) is 8.13. The minimum Gasteiger partial charge on any atom is -0.497 e. The monoisotopic (exact) mass is 335 g/mol. The van der Waals surface area contributed by atoms with Crippen molar-refractivity contribution >= 4 is 11.6 Å². The molecule has 0 saturated carbocycles. The summed E-state index contributed by atoms with van der Waals surface area (Å²) in [5.74, 6) is 0.633. The smallest absolute Gasteiger partial charge is 0.228 e. The van der Waals surface area contributed by atoms with Crippen molar-refractivity contribution in [1.82, 2.24) is 9.78 Å². The topological polar surface area (TPSA) is 56.1 Å². The second kappa shape index (κ2) is 7.21. The summed E-state index contributed by atoms with van der Waals surface area (Å²) in [5, 5.41) is 7.50. The van der Waals surface area contributed by atoms with E-state index in [9.17, 15) is 4.79 Å². The zero-order chi connectivity index (χ0) is 17.8. The number of amides is 1. The fraction of sp³-hybridized carbons (Fsp3) is 0.200. The Kier molecular flexibility index (Phi) is 4.84. The minimum absolute atomic E-state index is 0.0768. The summed E-state index contributed by atoms with van der Waals surface area (Å²) in [4.78, 5) is 12.4. The third kappa shape index (κ3) is 3.71. The molecule has 5 nitrogen and oxygen atoms in total. The van der Waals surface area contributed by atoms with E-state index < -0.39 is 0 Å². The summed E-state index contributed by atoms with van der Waals surface area (Å²) in [6.45, 7) is 3.92. The largest absolute Gasteiger partial charge is 0.497 e. The van der Waals surface area contributed by atoms with Gasteiger partial charge in [0.05, 0.1) is 24.9 Å². The molecule has 25 heavy (non-hydrogen) atoms. The quantitative estimate of drug-likeness (QED) is 0.774. The highest BCUT2D eigenvalue weighted by Crippen LogP contribution is 2.20. The lowest BCUT2D eigenvalue weighted by molar-refractivity contribution is -0.115. The zero-order valence-corrected chi connectivity index (χ0v) is 14.6. The van der Waals surface area contributed by atoms with Crippen LogP contribution in [0.15, 0.2) is 54.6 Å². The summed E-state index contributed by atoms with van der Waals surface area (Å²) >= 11 is 0. The first-order valence-corrected chi connectivity index (χ1v) is 8.13. The number of ether oxygens (including phenoxy) is 1. The number of carbonyl (C=O) groups is 1. The molecule has 1 amide bonds. The number of rotatable bonds is 5. The molecule has 1 heterocycles. The highest BCUT2D eigenvalue weighted by Gasteiger charge is 2.16. The lowest BCUT2D eigenvalue weighted by Gasteiger charge is -2.08. The Morgan fingerprint density at radius 1 is 1.12 bits per heavy atom. The van der Waals surface area contributed by atoms with Crippen molar-refractivity contribution in [2.24, 2.45) is 0 Å². The van der Waals surface area contributed by atoms with Crippen molar-refractivity contribution in [2.75, 3.05) is 12.4 Å². The fourth-order valence-corrected chi connectivity index (χ4v) is 2.82. The van der Waals surface area contributed by atoms with Crippen LogP contribution >= 0.6 is 0 Å². The van der Waals surface area contributed by atoms with E-state index in [1.165, 1.54) is 0 Å². The fourth-order valence-electron chi connectivity index (χ4n) is 2.82. The predicted octanol–water partition coefficient (Wildman–Crippen LogP) is 3.68. The molecule has 3 rings (SSSR count). The average molecular weight is 335 g/mol. The highest BCUT2D eigenvalue weighted by molar-refractivity contribution is 5.92. The van der Waals surface area contributed by atoms with Crippen LogP contribution in [0.25, 0.3) is 5.69 Å². The van der Waals surface area contributed by atoms with Crippen LogP contribution in [0.4, 0.5) is 5.69 Å². The molecule has 0 spiro atoms. The van der Waals surface area contributed by atoms with Gasteiger partial charge in [0.1, 0.15) is 5.75 Å². The molecule has 0 radical (unpaired) electrons. The molecule has 0 unspecified atom stereocenters. The van der Waals surface area contributed by atoms with Gasteiger partial charge in [0.25, 0.3) is 0 Å². The molecule has 0 bridgehead atoms. The summed E-state index contributed by atoms with van der Waals surface area (Å²) in [6.07, 6.45) is 0.279. The number of nitrogens with zero attached hydrogens (tertiary/aromatic N) is 2. The molecule has 0 saturated heterocycles. The van der Waals surface area contributed by atoms with Gasteiger partial charge < -0.3 is 10.1 Å². The molecule has 0 fully saturated rings. The molecule has 2 aromatic carbocycles. The SMILES string of the molecule is COc1cccc(NC(=O)Cc2c(C)nn(-c3ccccc3)c2C)c1. The van der Waals surface area contributed by atoms with Gasteiger partial charge in [-0.1, -0.05) is 24.3 Å². The van der Waals surface area contributed by atoms with Gasteiger partial charge in [-0.25, -0.2) is 4.68 Å². The Morgan fingerprint density at radius 3 is 2.60 bits per heavy atom. The maximum Gasteiger partial charge on any atom is 0.228 e. The van der Waals surface area contributed by atoms with Crippen LogP contribution in [0.2, 0.25) is 0 Å². The van der Waals surface area contributed by atoms with E-state index in [1.54, 1.807) is 13.2 Å². The van der Waals surface area contributed by atoms with Gasteiger partial charge in [0, 0.05) is 23.0 Å². The molecule has 128 valence electrons. The Balaban J connectivity index is 1.78. The molecular weight excluding hydrogens is 314 g/mol. The summed E-state index contributed by atoms with van der Waals surface area (Å²) in [6, 6.07) is 17.2. The van der Waals surface area contributed by atoms with E-state index in [-0.39, 0.29) is 12.3 Å². The summed E-state index contributed by atoms with van der Waals surface area (Å²) < 4.78 is 7.06. The standard InChI is InChI=1S/C20H21N3O2/c1-14-19(15(2)23(22-14)17-9-5-4-6-10-17)13-20(24)21-16-8-7-11-18(12-16)25-3/h4-12H,13H2,1-3H3,(H,21,24). The van der Waals surface area contributed by atoms with Gasteiger partial charge in [-0.05, 0) is 38.1 Å². The van der Waals surface area contributed by atoms with Crippen LogP contribution in [0, 0.1) is 13.8 Å². The summed E-state index contributed by atoms with van der Waals surface area (Å²) in [5.41, 5.74) is 4.49. The van der Waals surface area contributed by atoms with Gasteiger partial charge in [-0.2, -0.15) is 5.10 Å². The minimum atomic E-state index is -0.0768. The van der Waals surface area contributed by atoms with Crippen LogP contribution in [0.1, 0.15) is 17.0 Å². The molecule has 5 heteroatoms. The number of anilines is 1. The molecule has 3 aromatic rings. The van der Waals surface area contributed by atoms with Crippen molar-refractivity contribution in [1.29, 1.82) is 0 Å². The van der Waals surface area contributed by atoms with Gasteiger partial charge >= 0.3 is 0 Å². The Hall–Kier alpha value is -3.08. The van der Waals surface area contributed by atoms with E-state index >= 15 is 0 Å². The first kappa shape index (κ1) is 16.8. The average Bonchev–Trinajstić information content (AvgIpc) is 2.91. The lowest BCUT2D eigenvalue weighted by Crippen LogP contribution is -2.15. The molecule has 0 atom stereocenters. The number of nitrogens with one attached hydrogen (secondary N) is 1. The summed E-state index contributed by atoms with van der Waals surface area (Å²) in [7, 11) is 1.60. The number of carbonyl (C=O) groups excluding carboxylic acids is 1. The number of benzene rings is 2. The first-order chi connectivity index (χ1) is 12.1. The molecule has 0 aliphatic rings. The lowest BCUT2D eigenvalue weighted by atomic mass is 10.1. The molecule has 1 aromatic heterocycles. The highest BCUT2D eigenvalue weighted by atomic mass is 16.5. The van der Waals surface area contributed by atoms with Crippen LogP contribution < -0.4 is 10.1 Å². The Bertz CT molecular complexity index is 885. The number of hydrogen-bond acceptors (Lipinski definition) is 3. The predicted molar refractivity (Wildman–Crippen MR) is 98.4 cm³/mol. The van der Waals surface area contributed by atoms with E-state index in [0.717, 1.165) is 28.3 Å².